The Bertz CT molecular complexity index is 854. The van der Waals surface area contributed by atoms with Gasteiger partial charge in [0.25, 0.3) is 0 Å². The van der Waals surface area contributed by atoms with Gasteiger partial charge in [-0.3, -0.25) is 4.79 Å². The van der Waals surface area contributed by atoms with Gasteiger partial charge in [-0.2, -0.15) is 0 Å². The van der Waals surface area contributed by atoms with Gasteiger partial charge in [-0.05, 0) is 42.5 Å². The zero-order valence-electron chi connectivity index (χ0n) is 14.5. The number of carbonyl (C=O) groups is 1. The van der Waals surface area contributed by atoms with E-state index in [0.717, 1.165) is 29.5 Å². The first-order valence-corrected chi connectivity index (χ1v) is 8.70. The third kappa shape index (κ3) is 4.28. The summed E-state index contributed by atoms with van der Waals surface area (Å²) in [5, 5.41) is 14.3. The van der Waals surface area contributed by atoms with Gasteiger partial charge in [-0.15, -0.1) is 0 Å². The lowest BCUT2D eigenvalue weighted by molar-refractivity contribution is -0.121. The van der Waals surface area contributed by atoms with E-state index >= 15 is 0 Å². The van der Waals surface area contributed by atoms with E-state index < -0.39 is 6.10 Å². The Kier molecular flexibility index (Phi) is 5.51. The summed E-state index contributed by atoms with van der Waals surface area (Å²) in [4.78, 5) is 15.3. The minimum atomic E-state index is -0.668. The van der Waals surface area contributed by atoms with E-state index in [1.807, 2.05) is 49.5 Å². The Morgan fingerprint density at radius 3 is 2.76 bits per heavy atom. The fraction of sp³-hybridized carbons (Fsp3) is 0.286. The van der Waals surface area contributed by atoms with Gasteiger partial charge in [0.15, 0.2) is 0 Å². The molecule has 0 bridgehead atoms. The molecule has 25 heavy (non-hydrogen) atoms. The highest BCUT2D eigenvalue weighted by molar-refractivity contribution is 5.83. The highest BCUT2D eigenvalue weighted by atomic mass is 16.3. The molecule has 3 rings (SSSR count). The second kappa shape index (κ2) is 7.99. The van der Waals surface area contributed by atoms with E-state index in [9.17, 15) is 9.90 Å². The summed E-state index contributed by atoms with van der Waals surface area (Å²) in [6, 6.07) is 15.9. The van der Waals surface area contributed by atoms with Gasteiger partial charge in [0.2, 0.25) is 5.91 Å². The summed E-state index contributed by atoms with van der Waals surface area (Å²) in [5.41, 5.74) is 4.26. The van der Waals surface area contributed by atoms with Crippen LogP contribution < -0.4 is 5.32 Å². The number of hydrogen-bond acceptors (Lipinski definition) is 2. The number of aryl methyl sites for hydroxylation is 2. The van der Waals surface area contributed by atoms with Crippen molar-refractivity contribution in [3.05, 3.63) is 71.4 Å². The highest BCUT2D eigenvalue weighted by Crippen LogP contribution is 2.19. The molecule has 4 nitrogen and oxygen atoms in total. The lowest BCUT2D eigenvalue weighted by Gasteiger charge is -2.14. The molecule has 0 fully saturated rings. The molecule has 3 aromatic rings. The van der Waals surface area contributed by atoms with Crippen LogP contribution in [0.1, 0.15) is 35.6 Å². The largest absolute Gasteiger partial charge is 0.387 e. The number of carbonyl (C=O) groups excluding carboxylic acids is 1. The molecule has 1 heterocycles. The van der Waals surface area contributed by atoms with Crippen molar-refractivity contribution < 1.29 is 9.90 Å². The number of H-pyrrole nitrogens is 1. The molecule has 4 heteroatoms. The first-order chi connectivity index (χ1) is 12.1. The Balaban J connectivity index is 1.45. The fourth-order valence-corrected chi connectivity index (χ4v) is 3.15. The van der Waals surface area contributed by atoms with E-state index in [-0.39, 0.29) is 12.5 Å². The molecule has 1 atom stereocenters. The van der Waals surface area contributed by atoms with Crippen LogP contribution in [0.4, 0.5) is 0 Å². The van der Waals surface area contributed by atoms with Crippen LogP contribution in [0.25, 0.3) is 10.9 Å². The molecule has 0 aliphatic rings. The summed E-state index contributed by atoms with van der Waals surface area (Å²) < 4.78 is 0. The molecule has 0 radical (unpaired) electrons. The third-order valence-electron chi connectivity index (χ3n) is 4.56. The van der Waals surface area contributed by atoms with Crippen LogP contribution in [0, 0.1) is 6.92 Å². The molecule has 0 aliphatic heterocycles. The van der Waals surface area contributed by atoms with E-state index in [1.54, 1.807) is 0 Å². The fourth-order valence-electron chi connectivity index (χ4n) is 3.15. The van der Waals surface area contributed by atoms with Crippen LogP contribution >= 0.6 is 0 Å². The lowest BCUT2D eigenvalue weighted by Crippen LogP contribution is -2.28. The predicted molar refractivity (Wildman–Crippen MR) is 100 cm³/mol. The van der Waals surface area contributed by atoms with Crippen molar-refractivity contribution >= 4 is 16.8 Å². The Morgan fingerprint density at radius 2 is 1.92 bits per heavy atom. The van der Waals surface area contributed by atoms with Gasteiger partial charge in [0.05, 0.1) is 6.10 Å². The normalized spacial score (nSPS) is 12.2. The maximum absolute atomic E-state index is 12.0. The van der Waals surface area contributed by atoms with Crippen molar-refractivity contribution in [2.75, 3.05) is 6.54 Å². The predicted octanol–water partition coefficient (Wildman–Crippen LogP) is 3.65. The zero-order valence-corrected chi connectivity index (χ0v) is 14.5. The molecular weight excluding hydrogens is 312 g/mol. The van der Waals surface area contributed by atoms with Gasteiger partial charge >= 0.3 is 0 Å². The summed E-state index contributed by atoms with van der Waals surface area (Å²) in [6.07, 6.45) is 3.45. The highest BCUT2D eigenvalue weighted by Gasteiger charge is 2.11. The maximum Gasteiger partial charge on any atom is 0.220 e. The Morgan fingerprint density at radius 1 is 1.16 bits per heavy atom. The van der Waals surface area contributed by atoms with Crippen LogP contribution in [0.3, 0.4) is 0 Å². The summed E-state index contributed by atoms with van der Waals surface area (Å²) in [7, 11) is 0. The van der Waals surface area contributed by atoms with Gasteiger partial charge in [-0.1, -0.05) is 42.5 Å². The van der Waals surface area contributed by atoms with E-state index in [0.29, 0.717) is 6.42 Å². The van der Waals surface area contributed by atoms with Crippen molar-refractivity contribution in [1.29, 1.82) is 0 Å². The van der Waals surface area contributed by atoms with Crippen molar-refractivity contribution in [2.24, 2.45) is 0 Å². The summed E-state index contributed by atoms with van der Waals surface area (Å²) in [6.45, 7) is 2.21. The molecule has 2 aromatic carbocycles. The average Bonchev–Trinajstić information content (AvgIpc) is 3.03. The summed E-state index contributed by atoms with van der Waals surface area (Å²) >= 11 is 0. The second-order valence-corrected chi connectivity index (χ2v) is 6.39. The smallest absolute Gasteiger partial charge is 0.220 e. The number of benzene rings is 2. The van der Waals surface area contributed by atoms with E-state index in [4.69, 9.17) is 0 Å². The third-order valence-corrected chi connectivity index (χ3v) is 4.56. The SMILES string of the molecule is Cc1ccccc1C(O)CNC(=O)CCCc1c[nH]c2ccccc12. The van der Waals surface area contributed by atoms with Crippen LogP contribution in [-0.2, 0) is 11.2 Å². The minimum Gasteiger partial charge on any atom is -0.387 e. The molecule has 0 spiro atoms. The molecule has 1 unspecified atom stereocenters. The first-order valence-electron chi connectivity index (χ1n) is 8.70. The van der Waals surface area contributed by atoms with Crippen molar-refractivity contribution in [3.63, 3.8) is 0 Å². The molecule has 1 aromatic heterocycles. The standard InChI is InChI=1S/C21H24N2O2/c1-15-7-2-3-9-17(15)20(24)14-23-21(25)12-6-8-16-13-22-19-11-5-4-10-18(16)19/h2-5,7,9-11,13,20,22,24H,6,8,12,14H2,1H3,(H,23,25). The second-order valence-electron chi connectivity index (χ2n) is 6.39. The molecular formula is C21H24N2O2. The van der Waals surface area contributed by atoms with Crippen molar-refractivity contribution in [2.45, 2.75) is 32.3 Å². The van der Waals surface area contributed by atoms with Gasteiger partial charge in [0, 0.05) is 30.1 Å². The topological polar surface area (TPSA) is 65.1 Å². The van der Waals surface area contributed by atoms with Crippen LogP contribution in [0.15, 0.2) is 54.7 Å². The van der Waals surface area contributed by atoms with Crippen LogP contribution in [0.5, 0.6) is 0 Å². The zero-order chi connectivity index (χ0) is 17.6. The molecule has 0 saturated heterocycles. The number of aromatic amines is 1. The number of hydrogen-bond donors (Lipinski definition) is 3. The summed E-state index contributed by atoms with van der Waals surface area (Å²) in [5.74, 6) is -0.0209. The number of aromatic nitrogens is 1. The Labute approximate surface area is 147 Å². The van der Waals surface area contributed by atoms with Gasteiger partial charge in [0.1, 0.15) is 0 Å². The van der Waals surface area contributed by atoms with Crippen LogP contribution in [-0.4, -0.2) is 22.5 Å². The molecule has 3 N–H and O–H groups in total. The Hall–Kier alpha value is -2.59. The van der Waals surface area contributed by atoms with Gasteiger partial charge in [-0.25, -0.2) is 0 Å². The number of aliphatic hydroxyl groups excluding tert-OH is 1. The van der Waals surface area contributed by atoms with Crippen molar-refractivity contribution in [3.8, 4) is 0 Å². The number of para-hydroxylation sites is 1. The number of rotatable bonds is 7. The molecule has 0 saturated carbocycles. The minimum absolute atomic E-state index is 0.0209. The number of fused-ring (bicyclic) bond motifs is 1. The number of aliphatic hydroxyl groups is 1. The molecule has 0 aliphatic carbocycles. The molecule has 1 amide bonds. The van der Waals surface area contributed by atoms with E-state index in [2.05, 4.69) is 22.4 Å². The van der Waals surface area contributed by atoms with Crippen molar-refractivity contribution in [1.82, 2.24) is 10.3 Å². The molecule has 130 valence electrons. The lowest BCUT2D eigenvalue weighted by atomic mass is 10.0. The van der Waals surface area contributed by atoms with Crippen LogP contribution in [0.2, 0.25) is 0 Å². The number of amides is 1. The maximum atomic E-state index is 12.0. The average molecular weight is 336 g/mol. The van der Waals surface area contributed by atoms with E-state index in [1.165, 1.54) is 10.9 Å². The number of nitrogens with one attached hydrogen (secondary N) is 2. The van der Waals surface area contributed by atoms with Gasteiger partial charge < -0.3 is 15.4 Å². The monoisotopic (exact) mass is 336 g/mol. The first kappa shape index (κ1) is 17.2. The quantitative estimate of drug-likeness (QED) is 0.616.